The molecule has 5 aromatic rings. The van der Waals surface area contributed by atoms with Crippen molar-refractivity contribution in [2.45, 2.75) is 4.90 Å². The van der Waals surface area contributed by atoms with Crippen LogP contribution in [0, 0.1) is 0 Å². The molecule has 0 atom stereocenters. The number of nitrogens with zero attached hydrogens (tertiary/aromatic N) is 4. The Hall–Kier alpha value is -3.66. The van der Waals surface area contributed by atoms with Crippen molar-refractivity contribution in [2.75, 3.05) is 5.73 Å². The first-order valence-electron chi connectivity index (χ1n) is 12.1. The zero-order chi connectivity index (χ0) is 30.0. The van der Waals surface area contributed by atoms with Crippen LogP contribution < -0.4 is 75.1 Å². The number of carboxylic acid groups (broad SMARTS) is 1. The number of hydrogen-bond acceptors (Lipinski definition) is 10. The quantitative estimate of drug-likeness (QED) is 0.0966. The Morgan fingerprint density at radius 2 is 1.18 bits per heavy atom. The van der Waals surface area contributed by atoms with Crippen LogP contribution in [0.4, 0.5) is 28.4 Å². The van der Waals surface area contributed by atoms with E-state index in [9.17, 15) is 28.0 Å². The van der Waals surface area contributed by atoms with Gasteiger partial charge in [-0.15, -0.1) is 5.11 Å². The second-order valence-corrected chi connectivity index (χ2v) is 10.4. The number of rotatable bonds is 7. The van der Waals surface area contributed by atoms with Crippen molar-refractivity contribution in [3.8, 4) is 22.6 Å². The number of nitrogen functional groups attached to an aromatic ring is 1. The number of anilines is 1. The summed E-state index contributed by atoms with van der Waals surface area (Å²) in [6, 6.07) is 22.6. The van der Waals surface area contributed by atoms with E-state index in [-0.39, 0.29) is 92.5 Å². The van der Waals surface area contributed by atoms with Crippen LogP contribution in [-0.2, 0) is 10.1 Å². The van der Waals surface area contributed by atoms with Gasteiger partial charge in [0, 0.05) is 5.39 Å². The van der Waals surface area contributed by atoms with Crippen LogP contribution in [0.1, 0.15) is 10.4 Å². The van der Waals surface area contributed by atoms with Crippen LogP contribution in [-0.4, -0.2) is 24.0 Å². The maximum absolute atomic E-state index is 12.4. The third-order valence-corrected chi connectivity index (χ3v) is 7.01. The van der Waals surface area contributed by atoms with Crippen LogP contribution >= 0.6 is 0 Å². The average Bonchev–Trinajstić information content (AvgIpc) is 2.96. The van der Waals surface area contributed by atoms with Crippen LogP contribution in [0.5, 0.6) is 11.5 Å². The van der Waals surface area contributed by atoms with Crippen molar-refractivity contribution in [2.24, 2.45) is 20.5 Å². The molecule has 0 amide bonds. The van der Waals surface area contributed by atoms with E-state index in [0.717, 1.165) is 35.4 Å². The molecule has 0 saturated heterocycles. The number of fused-ring (bicyclic) bond motifs is 1. The van der Waals surface area contributed by atoms with Crippen molar-refractivity contribution in [3.05, 3.63) is 96.6 Å². The molecule has 0 unspecified atom stereocenters. The van der Waals surface area contributed by atoms with Gasteiger partial charge in [-0.3, -0.25) is 4.55 Å². The molecule has 4 N–H and O–H groups in total. The topological polar surface area (TPSA) is 213 Å². The number of carboxylic acids is 1. The maximum Gasteiger partial charge on any atom is 1.00 e. The first-order chi connectivity index (χ1) is 20.0. The number of azo groups is 2. The molecular formula is C29H19N5Na2O7S. The van der Waals surface area contributed by atoms with Crippen molar-refractivity contribution < 1.29 is 92.2 Å². The molecule has 5 aromatic carbocycles. The molecule has 0 fully saturated rings. The molecule has 0 aromatic heterocycles. The van der Waals surface area contributed by atoms with Gasteiger partial charge in [-0.1, -0.05) is 47.9 Å². The SMILES string of the molecule is Nc1ccc2c([O-])cc(S(=O)(=O)O)cc2c1N=Nc1ccc(-c2ccc(N=Nc3ccc([O-])c(C(=O)O)c3)cc2)cc1.[Na+].[Na+]. The predicted molar refractivity (Wildman–Crippen MR) is 151 cm³/mol. The van der Waals surface area contributed by atoms with E-state index < -0.39 is 32.5 Å². The average molecular weight is 628 g/mol. The molecular weight excluding hydrogens is 608 g/mol. The van der Waals surface area contributed by atoms with Crippen molar-refractivity contribution >= 4 is 55.3 Å². The second-order valence-electron chi connectivity index (χ2n) is 8.97. The van der Waals surface area contributed by atoms with Gasteiger partial charge in [0.2, 0.25) is 0 Å². The van der Waals surface area contributed by atoms with E-state index in [4.69, 9.17) is 10.8 Å². The number of nitrogens with two attached hydrogens (primary N) is 1. The van der Waals surface area contributed by atoms with E-state index in [1.54, 1.807) is 36.4 Å². The monoisotopic (exact) mass is 627 g/mol. The normalized spacial score (nSPS) is 11.4. The van der Waals surface area contributed by atoms with Gasteiger partial charge < -0.3 is 21.1 Å². The largest absolute Gasteiger partial charge is 1.00 e. The zero-order valence-electron chi connectivity index (χ0n) is 23.4. The Morgan fingerprint density at radius 1 is 0.659 bits per heavy atom. The predicted octanol–water partition coefficient (Wildman–Crippen LogP) is 0.0199. The number of carbonyl (C=O) groups is 1. The van der Waals surface area contributed by atoms with Gasteiger partial charge in [0.1, 0.15) is 5.69 Å². The summed E-state index contributed by atoms with van der Waals surface area (Å²) in [4.78, 5) is 10.6. The molecule has 0 radical (unpaired) electrons. The molecule has 12 nitrogen and oxygen atoms in total. The fourth-order valence-corrected chi connectivity index (χ4v) is 4.57. The number of hydrogen-bond donors (Lipinski definition) is 3. The van der Waals surface area contributed by atoms with E-state index in [2.05, 4.69) is 20.5 Å². The van der Waals surface area contributed by atoms with Gasteiger partial charge in [-0.05, 0) is 71.1 Å². The molecule has 0 aliphatic carbocycles. The standard InChI is InChI=1S/C29H21N5O7S.2Na/c30-25-11-10-22-23(14-21(15-27(22)36)42(39,40)41)28(25)34-32-19-7-3-17(4-8-19)16-1-5-18(6-2-16)31-33-20-9-12-26(35)24(13-20)29(37)38;;/h1-15,35-36H,30H2,(H,37,38)(H,39,40,41);;/q;2*+1/p-2. The molecule has 0 bridgehead atoms. The van der Waals surface area contributed by atoms with Crippen LogP contribution in [0.25, 0.3) is 21.9 Å². The van der Waals surface area contributed by atoms with E-state index in [0.29, 0.717) is 11.4 Å². The van der Waals surface area contributed by atoms with Crippen LogP contribution in [0.15, 0.2) is 116 Å². The molecule has 0 saturated carbocycles. The summed E-state index contributed by atoms with van der Waals surface area (Å²) in [5.74, 6) is -2.56. The third-order valence-electron chi connectivity index (χ3n) is 6.18. The van der Waals surface area contributed by atoms with Crippen LogP contribution in [0.2, 0.25) is 0 Å². The fraction of sp³-hybridized carbons (Fsp3) is 0. The summed E-state index contributed by atoms with van der Waals surface area (Å²) in [6.07, 6.45) is 0. The zero-order valence-corrected chi connectivity index (χ0v) is 28.2. The summed E-state index contributed by atoms with van der Waals surface area (Å²) in [6.45, 7) is 0. The molecule has 210 valence electrons. The summed E-state index contributed by atoms with van der Waals surface area (Å²) < 4.78 is 32.6. The molecule has 15 heteroatoms. The first kappa shape index (κ1) is 34.8. The first-order valence-corrected chi connectivity index (χ1v) is 13.5. The van der Waals surface area contributed by atoms with Gasteiger partial charge in [-0.2, -0.15) is 23.8 Å². The van der Waals surface area contributed by atoms with Gasteiger partial charge >= 0.3 is 65.1 Å². The minimum Gasteiger partial charge on any atom is -0.872 e. The maximum atomic E-state index is 12.4. The molecule has 0 aliphatic rings. The Kier molecular flexibility index (Phi) is 11.4. The fourth-order valence-electron chi connectivity index (χ4n) is 4.05. The second kappa shape index (κ2) is 14.4. The smallest absolute Gasteiger partial charge is 0.872 e. The van der Waals surface area contributed by atoms with Crippen molar-refractivity contribution in [3.63, 3.8) is 0 Å². The summed E-state index contributed by atoms with van der Waals surface area (Å²) in [7, 11) is -4.62. The molecule has 5 rings (SSSR count). The van der Waals surface area contributed by atoms with E-state index >= 15 is 0 Å². The van der Waals surface area contributed by atoms with E-state index in [1.165, 1.54) is 18.2 Å². The van der Waals surface area contributed by atoms with Gasteiger partial charge in [-0.25, -0.2) is 4.79 Å². The Balaban J connectivity index is 0.00000264. The Morgan fingerprint density at radius 3 is 1.73 bits per heavy atom. The summed E-state index contributed by atoms with van der Waals surface area (Å²) in [5.41, 5.74) is 8.83. The molecule has 0 aliphatic heterocycles. The number of aromatic carboxylic acids is 1. The van der Waals surface area contributed by atoms with Gasteiger partial charge in [0.25, 0.3) is 10.1 Å². The van der Waals surface area contributed by atoms with Gasteiger partial charge in [0.15, 0.2) is 0 Å². The Bertz CT molecular complexity index is 2020. The molecule has 44 heavy (non-hydrogen) atoms. The molecule has 0 spiro atoms. The van der Waals surface area contributed by atoms with E-state index in [1.807, 2.05) is 12.1 Å². The summed E-state index contributed by atoms with van der Waals surface area (Å²) >= 11 is 0. The molecule has 0 heterocycles. The Labute approximate surface area is 295 Å². The minimum absolute atomic E-state index is 0. The minimum atomic E-state index is -4.62. The van der Waals surface area contributed by atoms with Crippen molar-refractivity contribution in [1.82, 2.24) is 0 Å². The van der Waals surface area contributed by atoms with Crippen molar-refractivity contribution in [1.29, 1.82) is 0 Å². The summed E-state index contributed by atoms with van der Waals surface area (Å²) in [5, 5.41) is 49.8. The third kappa shape index (κ3) is 7.88. The van der Waals surface area contributed by atoms with Crippen LogP contribution in [0.3, 0.4) is 0 Å². The van der Waals surface area contributed by atoms with Gasteiger partial charge in [0.05, 0.1) is 33.2 Å². The number of benzene rings is 5.